The van der Waals surface area contributed by atoms with Crippen LogP contribution in [0.15, 0.2) is 48.7 Å². The average molecular weight is 421 g/mol. The normalized spacial score (nSPS) is 14.1. The SMILES string of the molecule is CCn1ccc(C(=O)N2CCCc3nc([C@H](C)NC(=O)c4ccc(F)cc4)ccc32)n1. The molecule has 160 valence electrons. The van der Waals surface area contributed by atoms with Crippen LogP contribution in [0.5, 0.6) is 0 Å². The molecule has 2 amide bonds. The lowest BCUT2D eigenvalue weighted by molar-refractivity contribution is 0.0938. The molecule has 7 nitrogen and oxygen atoms in total. The summed E-state index contributed by atoms with van der Waals surface area (Å²) < 4.78 is 14.8. The monoisotopic (exact) mass is 421 g/mol. The van der Waals surface area contributed by atoms with Crippen LogP contribution in [-0.2, 0) is 13.0 Å². The van der Waals surface area contributed by atoms with E-state index in [1.807, 2.05) is 26.0 Å². The van der Waals surface area contributed by atoms with Gasteiger partial charge in [0, 0.05) is 24.8 Å². The first-order valence-electron chi connectivity index (χ1n) is 10.4. The number of carbonyl (C=O) groups is 2. The van der Waals surface area contributed by atoms with Crippen LogP contribution in [0.4, 0.5) is 10.1 Å². The van der Waals surface area contributed by atoms with Crippen LogP contribution in [0, 0.1) is 5.82 Å². The van der Waals surface area contributed by atoms with E-state index in [-0.39, 0.29) is 23.7 Å². The highest BCUT2D eigenvalue weighted by molar-refractivity contribution is 6.05. The van der Waals surface area contributed by atoms with Gasteiger partial charge >= 0.3 is 0 Å². The van der Waals surface area contributed by atoms with E-state index in [2.05, 4.69) is 10.4 Å². The van der Waals surface area contributed by atoms with Gasteiger partial charge in [-0.2, -0.15) is 5.10 Å². The number of aryl methyl sites for hydroxylation is 2. The fourth-order valence-electron chi connectivity index (χ4n) is 3.66. The van der Waals surface area contributed by atoms with Crippen molar-refractivity contribution in [3.05, 3.63) is 77.1 Å². The van der Waals surface area contributed by atoms with Gasteiger partial charge in [0.25, 0.3) is 11.8 Å². The number of benzene rings is 1. The molecular weight excluding hydrogens is 397 g/mol. The first-order chi connectivity index (χ1) is 15.0. The minimum absolute atomic E-state index is 0.139. The van der Waals surface area contributed by atoms with Gasteiger partial charge in [-0.1, -0.05) is 0 Å². The average Bonchev–Trinajstić information content (AvgIpc) is 3.27. The van der Waals surface area contributed by atoms with Gasteiger partial charge in [-0.3, -0.25) is 19.3 Å². The molecule has 1 aliphatic rings. The van der Waals surface area contributed by atoms with E-state index in [1.54, 1.807) is 21.8 Å². The number of hydrogen-bond acceptors (Lipinski definition) is 4. The number of pyridine rings is 1. The summed E-state index contributed by atoms with van der Waals surface area (Å²) in [5.74, 6) is -0.822. The summed E-state index contributed by atoms with van der Waals surface area (Å²) in [4.78, 5) is 31.9. The van der Waals surface area contributed by atoms with E-state index in [9.17, 15) is 14.0 Å². The molecule has 2 aromatic heterocycles. The molecule has 1 aliphatic heterocycles. The minimum atomic E-state index is -0.387. The minimum Gasteiger partial charge on any atom is -0.344 e. The smallest absolute Gasteiger partial charge is 0.278 e. The molecule has 3 heterocycles. The molecule has 0 radical (unpaired) electrons. The number of hydrogen-bond donors (Lipinski definition) is 1. The lowest BCUT2D eigenvalue weighted by Gasteiger charge is -2.29. The largest absolute Gasteiger partial charge is 0.344 e. The molecule has 0 unspecified atom stereocenters. The van der Waals surface area contributed by atoms with Crippen LogP contribution in [-0.4, -0.2) is 33.1 Å². The molecule has 31 heavy (non-hydrogen) atoms. The van der Waals surface area contributed by atoms with Gasteiger partial charge in [0.05, 0.1) is 23.1 Å². The number of carbonyl (C=O) groups excluding carboxylic acids is 2. The molecule has 0 aliphatic carbocycles. The summed E-state index contributed by atoms with van der Waals surface area (Å²) in [6.45, 7) is 5.14. The third-order valence-corrected chi connectivity index (χ3v) is 5.38. The van der Waals surface area contributed by atoms with E-state index in [0.29, 0.717) is 30.0 Å². The zero-order valence-electron chi connectivity index (χ0n) is 17.5. The molecule has 1 aromatic carbocycles. The van der Waals surface area contributed by atoms with Crippen molar-refractivity contribution in [2.45, 2.75) is 39.3 Å². The summed E-state index contributed by atoms with van der Waals surface area (Å²) in [5.41, 5.74) is 3.12. The standard InChI is InChI=1S/C23H24FN5O2/c1-3-28-14-12-20(27-28)23(31)29-13-4-5-19-21(29)11-10-18(26-19)15(2)25-22(30)16-6-8-17(24)9-7-16/h6-12,14-15H,3-5,13H2,1-2H3,(H,25,30)/t15-/m0/s1. The molecule has 4 rings (SSSR count). The van der Waals surface area contributed by atoms with Crippen LogP contribution >= 0.6 is 0 Å². The molecule has 8 heteroatoms. The highest BCUT2D eigenvalue weighted by Gasteiger charge is 2.27. The Hall–Kier alpha value is -3.55. The molecule has 0 bridgehead atoms. The number of aromatic nitrogens is 3. The van der Waals surface area contributed by atoms with Crippen molar-refractivity contribution in [3.8, 4) is 0 Å². The Morgan fingerprint density at radius 1 is 1.16 bits per heavy atom. The van der Waals surface area contributed by atoms with Crippen molar-refractivity contribution >= 4 is 17.5 Å². The summed E-state index contributed by atoms with van der Waals surface area (Å²) in [6, 6.07) is 10.5. The number of halogens is 1. The van der Waals surface area contributed by atoms with Gasteiger partial charge in [-0.25, -0.2) is 4.39 Å². The van der Waals surface area contributed by atoms with Crippen LogP contribution in [0.2, 0.25) is 0 Å². The highest BCUT2D eigenvalue weighted by atomic mass is 19.1. The van der Waals surface area contributed by atoms with Crippen LogP contribution in [0.25, 0.3) is 0 Å². The molecule has 1 atom stereocenters. The quantitative estimate of drug-likeness (QED) is 0.684. The van der Waals surface area contributed by atoms with Gasteiger partial charge < -0.3 is 10.2 Å². The number of rotatable bonds is 5. The van der Waals surface area contributed by atoms with Gasteiger partial charge in [0.1, 0.15) is 5.82 Å². The van der Waals surface area contributed by atoms with Gasteiger partial charge in [-0.05, 0) is 69.2 Å². The van der Waals surface area contributed by atoms with E-state index in [4.69, 9.17) is 4.98 Å². The molecule has 0 fully saturated rings. The van der Waals surface area contributed by atoms with E-state index in [0.717, 1.165) is 24.2 Å². The topological polar surface area (TPSA) is 80.1 Å². The van der Waals surface area contributed by atoms with Crippen molar-refractivity contribution < 1.29 is 14.0 Å². The number of fused-ring (bicyclic) bond motifs is 1. The summed E-state index contributed by atoms with van der Waals surface area (Å²) in [5, 5.41) is 7.21. The summed E-state index contributed by atoms with van der Waals surface area (Å²) in [6.07, 6.45) is 3.36. The zero-order chi connectivity index (χ0) is 22.0. The third kappa shape index (κ3) is 4.33. The van der Waals surface area contributed by atoms with Crippen LogP contribution < -0.4 is 10.2 Å². The molecule has 0 saturated carbocycles. The van der Waals surface area contributed by atoms with Crippen molar-refractivity contribution in [1.29, 1.82) is 0 Å². The molecular formula is C23H24FN5O2. The highest BCUT2D eigenvalue weighted by Crippen LogP contribution is 2.28. The maximum Gasteiger partial charge on any atom is 0.278 e. The van der Waals surface area contributed by atoms with Crippen molar-refractivity contribution in [2.24, 2.45) is 0 Å². The molecule has 0 saturated heterocycles. The summed E-state index contributed by atoms with van der Waals surface area (Å²) >= 11 is 0. The fourth-order valence-corrected chi connectivity index (χ4v) is 3.66. The number of amides is 2. The van der Waals surface area contributed by atoms with Crippen LogP contribution in [0.3, 0.4) is 0 Å². The first kappa shape index (κ1) is 20.7. The second-order valence-electron chi connectivity index (χ2n) is 7.52. The lowest BCUT2D eigenvalue weighted by atomic mass is 10.0. The fraction of sp³-hybridized carbons (Fsp3) is 0.304. The number of nitrogens with one attached hydrogen (secondary N) is 1. The second kappa shape index (κ2) is 8.67. The molecule has 0 spiro atoms. The van der Waals surface area contributed by atoms with Crippen molar-refractivity contribution in [3.63, 3.8) is 0 Å². The Balaban J connectivity index is 1.51. The molecule has 1 N–H and O–H groups in total. The third-order valence-electron chi connectivity index (χ3n) is 5.38. The van der Waals surface area contributed by atoms with Crippen molar-refractivity contribution in [1.82, 2.24) is 20.1 Å². The van der Waals surface area contributed by atoms with E-state index < -0.39 is 0 Å². The maximum atomic E-state index is 13.1. The summed E-state index contributed by atoms with van der Waals surface area (Å²) in [7, 11) is 0. The first-order valence-corrected chi connectivity index (χ1v) is 10.4. The van der Waals surface area contributed by atoms with Crippen molar-refractivity contribution in [2.75, 3.05) is 11.4 Å². The van der Waals surface area contributed by atoms with Gasteiger partial charge in [0.15, 0.2) is 5.69 Å². The van der Waals surface area contributed by atoms with E-state index in [1.165, 1.54) is 24.3 Å². The Labute approximate surface area is 179 Å². The predicted octanol–water partition coefficient (Wildman–Crippen LogP) is 3.52. The predicted molar refractivity (Wildman–Crippen MR) is 114 cm³/mol. The number of nitrogens with zero attached hydrogens (tertiary/aromatic N) is 4. The lowest BCUT2D eigenvalue weighted by Crippen LogP contribution is -2.36. The Kier molecular flexibility index (Phi) is 5.79. The van der Waals surface area contributed by atoms with Crippen LogP contribution in [0.1, 0.15) is 58.5 Å². The zero-order valence-corrected chi connectivity index (χ0v) is 17.5. The number of anilines is 1. The van der Waals surface area contributed by atoms with E-state index >= 15 is 0 Å². The Morgan fingerprint density at radius 2 is 1.94 bits per heavy atom. The Morgan fingerprint density at radius 3 is 2.65 bits per heavy atom. The van der Waals surface area contributed by atoms with Gasteiger partial charge in [0.2, 0.25) is 0 Å². The second-order valence-corrected chi connectivity index (χ2v) is 7.52. The Bertz CT molecular complexity index is 1110. The maximum absolute atomic E-state index is 13.1. The molecule has 3 aromatic rings. The van der Waals surface area contributed by atoms with Gasteiger partial charge in [-0.15, -0.1) is 0 Å².